The third kappa shape index (κ3) is 5.46. The molecule has 1 aliphatic rings. The molecule has 2 atom stereocenters. The normalized spacial score (nSPS) is 21.0. The van der Waals surface area contributed by atoms with Crippen molar-refractivity contribution in [1.82, 2.24) is 10.2 Å². The summed E-state index contributed by atoms with van der Waals surface area (Å²) in [7, 11) is 0. The van der Waals surface area contributed by atoms with Crippen molar-refractivity contribution in [3.63, 3.8) is 0 Å². The highest BCUT2D eigenvalue weighted by molar-refractivity contribution is 5.76. The van der Waals surface area contributed by atoms with Gasteiger partial charge in [-0.15, -0.1) is 0 Å². The first-order valence-corrected chi connectivity index (χ1v) is 7.54. The predicted octanol–water partition coefficient (Wildman–Crippen LogP) is 0.741. The number of carbonyl (C=O) groups is 1. The molecular formula is C16H25N3O2. The van der Waals surface area contributed by atoms with Gasteiger partial charge in [-0.25, -0.2) is 0 Å². The number of morpholine rings is 1. The van der Waals surface area contributed by atoms with Crippen LogP contribution in [-0.4, -0.2) is 49.2 Å². The Bertz CT molecular complexity index is 438. The van der Waals surface area contributed by atoms with Crippen molar-refractivity contribution in [3.8, 4) is 0 Å². The highest BCUT2D eigenvalue weighted by atomic mass is 16.5. The van der Waals surface area contributed by atoms with Crippen LogP contribution in [0.4, 0.5) is 0 Å². The zero-order chi connectivity index (χ0) is 15.1. The summed E-state index contributed by atoms with van der Waals surface area (Å²) in [5.74, 6) is 0.0134. The van der Waals surface area contributed by atoms with Crippen molar-refractivity contribution in [3.05, 3.63) is 35.9 Å². The molecule has 0 radical (unpaired) electrons. The van der Waals surface area contributed by atoms with Crippen molar-refractivity contribution in [2.24, 2.45) is 5.73 Å². The lowest BCUT2D eigenvalue weighted by molar-refractivity contribution is -0.126. The molecule has 2 rings (SSSR count). The van der Waals surface area contributed by atoms with Crippen LogP contribution in [0.1, 0.15) is 18.9 Å². The van der Waals surface area contributed by atoms with Gasteiger partial charge in [0.05, 0.1) is 19.1 Å². The quantitative estimate of drug-likeness (QED) is 0.811. The average molecular weight is 291 g/mol. The summed E-state index contributed by atoms with van der Waals surface area (Å²) in [6.45, 7) is 5.64. The second kappa shape index (κ2) is 8.12. The molecule has 3 N–H and O–H groups in total. The molecule has 1 amide bonds. The zero-order valence-corrected chi connectivity index (χ0v) is 12.6. The SMILES string of the molecule is C[C@@H](CN)NC(=O)CC1CN(Cc2ccccc2)CCO1. The van der Waals surface area contributed by atoms with Crippen molar-refractivity contribution >= 4 is 5.91 Å². The number of carbonyl (C=O) groups excluding carboxylic acids is 1. The van der Waals surface area contributed by atoms with Crippen LogP contribution in [0.3, 0.4) is 0 Å². The van der Waals surface area contributed by atoms with Gasteiger partial charge in [-0.3, -0.25) is 9.69 Å². The molecule has 1 saturated heterocycles. The molecule has 1 heterocycles. The van der Waals surface area contributed by atoms with E-state index in [-0.39, 0.29) is 18.1 Å². The molecule has 1 fully saturated rings. The van der Waals surface area contributed by atoms with E-state index < -0.39 is 0 Å². The Kier molecular flexibility index (Phi) is 6.17. The van der Waals surface area contributed by atoms with Crippen LogP contribution in [0.2, 0.25) is 0 Å². The summed E-state index contributed by atoms with van der Waals surface area (Å²) < 4.78 is 5.70. The molecule has 1 unspecified atom stereocenters. The van der Waals surface area contributed by atoms with E-state index in [1.165, 1.54) is 5.56 Å². The second-order valence-corrected chi connectivity index (χ2v) is 5.62. The van der Waals surface area contributed by atoms with E-state index in [0.29, 0.717) is 19.6 Å². The highest BCUT2D eigenvalue weighted by Crippen LogP contribution is 2.12. The van der Waals surface area contributed by atoms with Gasteiger partial charge in [-0.1, -0.05) is 30.3 Å². The molecule has 21 heavy (non-hydrogen) atoms. The maximum absolute atomic E-state index is 11.9. The number of amides is 1. The minimum atomic E-state index is -0.0348. The van der Waals surface area contributed by atoms with Gasteiger partial charge in [0.2, 0.25) is 5.91 Å². The molecule has 0 aliphatic carbocycles. The van der Waals surface area contributed by atoms with Gasteiger partial charge in [0.15, 0.2) is 0 Å². The lowest BCUT2D eigenvalue weighted by Gasteiger charge is -2.32. The Hall–Kier alpha value is -1.43. The Balaban J connectivity index is 1.79. The third-order valence-corrected chi connectivity index (χ3v) is 3.65. The third-order valence-electron chi connectivity index (χ3n) is 3.65. The number of hydrogen-bond donors (Lipinski definition) is 2. The van der Waals surface area contributed by atoms with E-state index in [1.54, 1.807) is 0 Å². The largest absolute Gasteiger partial charge is 0.375 e. The van der Waals surface area contributed by atoms with Gasteiger partial charge in [-0.2, -0.15) is 0 Å². The Labute approximate surface area is 126 Å². The van der Waals surface area contributed by atoms with Gasteiger partial charge >= 0.3 is 0 Å². The number of benzene rings is 1. The van der Waals surface area contributed by atoms with Gasteiger partial charge in [0.25, 0.3) is 0 Å². The molecule has 1 aromatic carbocycles. The fraction of sp³-hybridized carbons (Fsp3) is 0.562. The standard InChI is InChI=1S/C16H25N3O2/c1-13(10-17)18-16(20)9-15-12-19(7-8-21-15)11-14-5-3-2-4-6-14/h2-6,13,15H,7-12,17H2,1H3,(H,18,20)/t13-,15?/m0/s1. The summed E-state index contributed by atoms with van der Waals surface area (Å²) >= 11 is 0. The monoisotopic (exact) mass is 291 g/mol. The van der Waals surface area contributed by atoms with Crippen LogP contribution in [0.5, 0.6) is 0 Å². The molecular weight excluding hydrogens is 266 g/mol. The van der Waals surface area contributed by atoms with E-state index in [4.69, 9.17) is 10.5 Å². The summed E-state index contributed by atoms with van der Waals surface area (Å²) in [4.78, 5) is 14.2. The Morgan fingerprint density at radius 2 is 2.24 bits per heavy atom. The first kappa shape index (κ1) is 15.9. The molecule has 0 bridgehead atoms. The van der Waals surface area contributed by atoms with E-state index in [0.717, 1.165) is 19.6 Å². The minimum Gasteiger partial charge on any atom is -0.375 e. The van der Waals surface area contributed by atoms with Gasteiger partial charge in [0.1, 0.15) is 0 Å². The molecule has 0 saturated carbocycles. The van der Waals surface area contributed by atoms with Gasteiger partial charge < -0.3 is 15.8 Å². The fourth-order valence-electron chi connectivity index (χ4n) is 2.49. The topological polar surface area (TPSA) is 67.6 Å². The Morgan fingerprint density at radius 3 is 2.95 bits per heavy atom. The number of nitrogens with one attached hydrogen (secondary N) is 1. The first-order chi connectivity index (χ1) is 10.2. The van der Waals surface area contributed by atoms with Gasteiger partial charge in [-0.05, 0) is 12.5 Å². The number of ether oxygens (including phenoxy) is 1. The maximum Gasteiger partial charge on any atom is 0.222 e. The molecule has 1 aliphatic heterocycles. The van der Waals surface area contributed by atoms with Crippen LogP contribution in [0, 0.1) is 0 Å². The van der Waals surface area contributed by atoms with Crippen molar-refractivity contribution in [2.45, 2.75) is 32.0 Å². The zero-order valence-electron chi connectivity index (χ0n) is 12.6. The number of nitrogens with two attached hydrogens (primary N) is 1. The van der Waals surface area contributed by atoms with Crippen LogP contribution >= 0.6 is 0 Å². The van der Waals surface area contributed by atoms with Crippen LogP contribution in [0.25, 0.3) is 0 Å². The first-order valence-electron chi connectivity index (χ1n) is 7.54. The smallest absolute Gasteiger partial charge is 0.222 e. The number of nitrogens with zero attached hydrogens (tertiary/aromatic N) is 1. The number of rotatable bonds is 6. The van der Waals surface area contributed by atoms with Gasteiger partial charge in [0, 0.05) is 32.2 Å². The summed E-state index contributed by atoms with van der Waals surface area (Å²) in [6, 6.07) is 10.4. The van der Waals surface area contributed by atoms with E-state index in [1.807, 2.05) is 13.0 Å². The van der Waals surface area contributed by atoms with E-state index in [2.05, 4.69) is 34.5 Å². The second-order valence-electron chi connectivity index (χ2n) is 5.62. The minimum absolute atomic E-state index is 0.0134. The number of hydrogen-bond acceptors (Lipinski definition) is 4. The summed E-state index contributed by atoms with van der Waals surface area (Å²) in [5, 5.41) is 2.88. The van der Waals surface area contributed by atoms with E-state index >= 15 is 0 Å². The molecule has 5 heteroatoms. The molecule has 0 spiro atoms. The Morgan fingerprint density at radius 1 is 1.48 bits per heavy atom. The van der Waals surface area contributed by atoms with Crippen LogP contribution < -0.4 is 11.1 Å². The van der Waals surface area contributed by atoms with Crippen LogP contribution in [-0.2, 0) is 16.1 Å². The van der Waals surface area contributed by atoms with E-state index in [9.17, 15) is 4.79 Å². The van der Waals surface area contributed by atoms with Crippen LogP contribution in [0.15, 0.2) is 30.3 Å². The highest BCUT2D eigenvalue weighted by Gasteiger charge is 2.23. The molecule has 5 nitrogen and oxygen atoms in total. The maximum atomic E-state index is 11.9. The summed E-state index contributed by atoms with van der Waals surface area (Å²) in [5.41, 5.74) is 6.80. The lowest BCUT2D eigenvalue weighted by atomic mass is 10.1. The van der Waals surface area contributed by atoms with Crippen molar-refractivity contribution in [1.29, 1.82) is 0 Å². The average Bonchev–Trinajstić information content (AvgIpc) is 2.48. The fourth-order valence-corrected chi connectivity index (χ4v) is 2.49. The summed E-state index contributed by atoms with van der Waals surface area (Å²) in [6.07, 6.45) is 0.364. The molecule has 116 valence electrons. The predicted molar refractivity (Wildman–Crippen MR) is 82.7 cm³/mol. The molecule has 1 aromatic rings. The van der Waals surface area contributed by atoms with Crippen molar-refractivity contribution in [2.75, 3.05) is 26.2 Å². The molecule has 0 aromatic heterocycles. The van der Waals surface area contributed by atoms with Crippen molar-refractivity contribution < 1.29 is 9.53 Å². The lowest BCUT2D eigenvalue weighted by Crippen LogP contribution is -2.45.